The Hall–Kier alpha value is -1.62. The second kappa shape index (κ2) is 7.97. The molecule has 0 atom stereocenters. The zero-order chi connectivity index (χ0) is 18.5. The topological polar surface area (TPSA) is 63.2 Å². The molecular weight excluding hydrogens is 302 g/mol. The van der Waals surface area contributed by atoms with Crippen LogP contribution < -0.4 is 0 Å². The van der Waals surface area contributed by atoms with Gasteiger partial charge in [-0.05, 0) is 25.4 Å². The largest absolute Gasteiger partial charge is 0.306 e. The van der Waals surface area contributed by atoms with Gasteiger partial charge in [-0.15, -0.1) is 0 Å². The number of nitrogens with zero attached hydrogens (tertiary/aromatic N) is 3. The van der Waals surface area contributed by atoms with Gasteiger partial charge in [0.2, 0.25) is 0 Å². The molecule has 0 spiro atoms. The van der Waals surface area contributed by atoms with Crippen LogP contribution in [0.2, 0.25) is 0 Å². The Balaban J connectivity index is 2.71. The maximum atomic E-state index is 12.5. The lowest BCUT2D eigenvalue weighted by Gasteiger charge is -2.26. The Bertz CT molecular complexity index is 583. The molecule has 1 aromatic heterocycles. The Kier molecular flexibility index (Phi) is 6.78. The fraction of sp³-hybridized carbons (Fsp3) is 0.684. The number of hydrogen-bond donors (Lipinski definition) is 0. The zero-order valence-electron chi connectivity index (χ0n) is 16.1. The molecule has 0 fully saturated rings. The maximum absolute atomic E-state index is 12.5. The predicted molar refractivity (Wildman–Crippen MR) is 96.3 cm³/mol. The summed E-state index contributed by atoms with van der Waals surface area (Å²) in [6.45, 7) is 13.8. The van der Waals surface area contributed by atoms with E-state index in [0.717, 1.165) is 19.5 Å². The van der Waals surface area contributed by atoms with E-state index in [2.05, 4.69) is 42.7 Å². The van der Waals surface area contributed by atoms with E-state index >= 15 is 0 Å². The predicted octanol–water partition coefficient (Wildman–Crippen LogP) is 3.65. The Labute approximate surface area is 145 Å². The summed E-state index contributed by atoms with van der Waals surface area (Å²) in [5.74, 6) is -0.261. The Morgan fingerprint density at radius 2 is 1.54 bits per heavy atom. The minimum atomic E-state index is -0.585. The first-order valence-electron chi connectivity index (χ1n) is 8.49. The summed E-state index contributed by atoms with van der Waals surface area (Å²) in [5.41, 5.74) is 0.0439. The summed E-state index contributed by atoms with van der Waals surface area (Å²) in [5, 5.41) is 0. The van der Waals surface area contributed by atoms with Crippen molar-refractivity contribution in [3.8, 4) is 0 Å². The summed E-state index contributed by atoms with van der Waals surface area (Å²) in [7, 11) is 2.06. The van der Waals surface area contributed by atoms with Gasteiger partial charge in [0.15, 0.2) is 11.6 Å². The van der Waals surface area contributed by atoms with Crippen LogP contribution in [0, 0.1) is 10.8 Å². The molecule has 0 unspecified atom stereocenters. The molecule has 134 valence electrons. The minimum Gasteiger partial charge on any atom is -0.306 e. The van der Waals surface area contributed by atoms with E-state index in [1.807, 2.05) is 20.8 Å². The molecule has 0 bridgehead atoms. The van der Waals surface area contributed by atoms with Gasteiger partial charge in [-0.3, -0.25) is 9.59 Å². The Morgan fingerprint density at radius 1 is 1.00 bits per heavy atom. The highest BCUT2D eigenvalue weighted by Gasteiger charge is 2.29. The van der Waals surface area contributed by atoms with Gasteiger partial charge in [0, 0.05) is 30.8 Å². The van der Waals surface area contributed by atoms with Crippen molar-refractivity contribution < 1.29 is 9.59 Å². The lowest BCUT2D eigenvalue weighted by molar-refractivity contribution is 0.0841. The third kappa shape index (κ3) is 6.48. The normalized spacial score (nSPS) is 12.5. The van der Waals surface area contributed by atoms with Crippen molar-refractivity contribution in [2.45, 2.75) is 54.4 Å². The molecular formula is C19H31N3O2. The molecule has 1 heterocycles. The summed E-state index contributed by atoms with van der Waals surface area (Å²) in [6.07, 6.45) is 4.05. The minimum absolute atomic E-state index is 0.111. The molecule has 1 aromatic rings. The molecule has 0 aliphatic carbocycles. The second-order valence-electron chi connectivity index (χ2n) is 8.66. The van der Waals surface area contributed by atoms with Crippen LogP contribution in [-0.4, -0.2) is 46.6 Å². The van der Waals surface area contributed by atoms with Crippen molar-refractivity contribution in [1.82, 2.24) is 14.9 Å². The van der Waals surface area contributed by atoms with Crippen LogP contribution in [0.15, 0.2) is 12.4 Å². The molecule has 0 saturated carbocycles. The fourth-order valence-electron chi connectivity index (χ4n) is 2.58. The van der Waals surface area contributed by atoms with E-state index in [9.17, 15) is 9.59 Å². The van der Waals surface area contributed by atoms with E-state index < -0.39 is 5.41 Å². The molecule has 24 heavy (non-hydrogen) atoms. The molecule has 5 nitrogen and oxygen atoms in total. The van der Waals surface area contributed by atoms with Crippen LogP contribution in [0.5, 0.6) is 0 Å². The maximum Gasteiger partial charge on any atom is 0.188 e. The number of carbonyl (C=O) groups excluding carboxylic acids is 2. The lowest BCUT2D eigenvalue weighted by Crippen LogP contribution is -2.30. The number of ketones is 2. The molecule has 0 aromatic carbocycles. The molecule has 0 radical (unpaired) electrons. The van der Waals surface area contributed by atoms with Crippen LogP contribution in [-0.2, 0) is 0 Å². The van der Waals surface area contributed by atoms with Crippen molar-refractivity contribution in [2.75, 3.05) is 20.1 Å². The summed E-state index contributed by atoms with van der Waals surface area (Å²) >= 11 is 0. The summed E-state index contributed by atoms with van der Waals surface area (Å²) in [4.78, 5) is 35.4. The smallest absolute Gasteiger partial charge is 0.188 e. The average molecular weight is 333 g/mol. The molecule has 0 aliphatic heterocycles. The van der Waals surface area contributed by atoms with E-state index in [4.69, 9.17) is 0 Å². The number of aromatic nitrogens is 2. The lowest BCUT2D eigenvalue weighted by atomic mass is 9.87. The van der Waals surface area contributed by atoms with Crippen LogP contribution in [0.4, 0.5) is 0 Å². The first-order valence-corrected chi connectivity index (χ1v) is 8.49. The number of hydrogen-bond acceptors (Lipinski definition) is 5. The molecule has 0 N–H and O–H groups in total. The number of rotatable bonds is 7. The summed E-state index contributed by atoms with van der Waals surface area (Å²) < 4.78 is 0. The van der Waals surface area contributed by atoms with Crippen LogP contribution in [0.25, 0.3) is 0 Å². The van der Waals surface area contributed by atoms with Gasteiger partial charge < -0.3 is 4.90 Å². The van der Waals surface area contributed by atoms with E-state index in [1.54, 1.807) is 0 Å². The van der Waals surface area contributed by atoms with Gasteiger partial charge in [0.25, 0.3) is 0 Å². The molecule has 5 heteroatoms. The van der Waals surface area contributed by atoms with E-state index in [-0.39, 0.29) is 28.4 Å². The standard InChI is InChI=1S/C19H31N3O2/c1-18(2,3)13-22(7)12-8-9-14(23)15-16(21-11-10-20-15)17(24)19(4,5)6/h10-11H,8-9,12-13H2,1-7H3. The number of Topliss-reactive ketones (excluding diaryl/α,β-unsaturated/α-hetero) is 2. The van der Waals surface area contributed by atoms with Gasteiger partial charge in [0.1, 0.15) is 11.4 Å². The van der Waals surface area contributed by atoms with Gasteiger partial charge >= 0.3 is 0 Å². The molecule has 1 rings (SSSR count). The molecule has 0 aliphatic rings. The van der Waals surface area contributed by atoms with E-state index in [1.165, 1.54) is 12.4 Å². The third-order valence-corrected chi connectivity index (χ3v) is 3.55. The first-order chi connectivity index (χ1) is 10.9. The highest BCUT2D eigenvalue weighted by atomic mass is 16.1. The van der Waals surface area contributed by atoms with Crippen molar-refractivity contribution in [2.24, 2.45) is 10.8 Å². The van der Waals surface area contributed by atoms with Crippen molar-refractivity contribution >= 4 is 11.6 Å². The van der Waals surface area contributed by atoms with Crippen LogP contribution in [0.1, 0.15) is 75.4 Å². The van der Waals surface area contributed by atoms with Gasteiger partial charge in [0.05, 0.1) is 0 Å². The van der Waals surface area contributed by atoms with Crippen molar-refractivity contribution in [3.05, 3.63) is 23.8 Å². The van der Waals surface area contributed by atoms with E-state index in [0.29, 0.717) is 6.42 Å². The average Bonchev–Trinajstić information content (AvgIpc) is 2.43. The highest BCUT2D eigenvalue weighted by molar-refractivity contribution is 6.08. The van der Waals surface area contributed by atoms with Gasteiger partial charge in [-0.25, -0.2) is 9.97 Å². The highest BCUT2D eigenvalue weighted by Crippen LogP contribution is 2.22. The fourth-order valence-corrected chi connectivity index (χ4v) is 2.58. The van der Waals surface area contributed by atoms with Gasteiger partial charge in [-0.1, -0.05) is 41.5 Å². The monoisotopic (exact) mass is 333 g/mol. The quantitative estimate of drug-likeness (QED) is 0.713. The van der Waals surface area contributed by atoms with Crippen LogP contribution in [0.3, 0.4) is 0 Å². The van der Waals surface area contributed by atoms with Crippen molar-refractivity contribution in [3.63, 3.8) is 0 Å². The molecule has 0 amide bonds. The Morgan fingerprint density at radius 3 is 2.04 bits per heavy atom. The zero-order valence-corrected chi connectivity index (χ0v) is 16.1. The summed E-state index contributed by atoms with van der Waals surface area (Å²) in [6, 6.07) is 0. The number of carbonyl (C=O) groups is 2. The first kappa shape index (κ1) is 20.4. The second-order valence-corrected chi connectivity index (χ2v) is 8.66. The third-order valence-electron chi connectivity index (χ3n) is 3.55. The molecule has 0 saturated heterocycles. The van der Waals surface area contributed by atoms with Gasteiger partial charge in [-0.2, -0.15) is 0 Å². The SMILES string of the molecule is CN(CCCC(=O)c1nccnc1C(=O)C(C)(C)C)CC(C)(C)C. The van der Waals surface area contributed by atoms with Crippen LogP contribution >= 0.6 is 0 Å². The van der Waals surface area contributed by atoms with Crippen molar-refractivity contribution in [1.29, 1.82) is 0 Å².